The number of piperazine rings is 1. The van der Waals surface area contributed by atoms with Crippen LogP contribution < -0.4 is 0 Å². The van der Waals surface area contributed by atoms with E-state index in [9.17, 15) is 14.4 Å². The average molecular weight is 503 g/mol. The Morgan fingerprint density at radius 2 is 1.81 bits per heavy atom. The number of fused-ring (bicyclic) bond motifs is 4. The van der Waals surface area contributed by atoms with E-state index in [1.807, 2.05) is 30.3 Å². The first-order chi connectivity index (χ1) is 18.0. The van der Waals surface area contributed by atoms with Crippen molar-refractivity contribution in [1.82, 2.24) is 19.7 Å². The normalized spacial score (nSPS) is 19.4. The zero-order valence-corrected chi connectivity index (χ0v) is 21.7. The molecule has 1 aromatic heterocycles. The van der Waals surface area contributed by atoms with Crippen LogP contribution in [0.5, 0.6) is 0 Å². The van der Waals surface area contributed by atoms with Gasteiger partial charge in [0.15, 0.2) is 0 Å². The Bertz CT molecular complexity index is 1310. The maximum absolute atomic E-state index is 13.8. The molecule has 1 saturated heterocycles. The highest BCUT2D eigenvalue weighted by Gasteiger charge is 2.48. The van der Waals surface area contributed by atoms with E-state index >= 15 is 0 Å². The molecule has 0 saturated carbocycles. The third-order valence-electron chi connectivity index (χ3n) is 7.79. The van der Waals surface area contributed by atoms with Crippen molar-refractivity contribution in [1.29, 1.82) is 0 Å². The van der Waals surface area contributed by atoms with E-state index < -0.39 is 18.1 Å². The van der Waals surface area contributed by atoms with Crippen LogP contribution >= 0.6 is 0 Å². The molecule has 1 N–H and O–H groups in total. The van der Waals surface area contributed by atoms with Gasteiger partial charge < -0.3 is 24.4 Å². The van der Waals surface area contributed by atoms with Crippen molar-refractivity contribution in [2.75, 3.05) is 39.8 Å². The molecule has 0 unspecified atom stereocenters. The summed E-state index contributed by atoms with van der Waals surface area (Å²) in [6.45, 7) is 7.77. The number of aromatic amines is 1. The topological polar surface area (TPSA) is 85.9 Å². The van der Waals surface area contributed by atoms with E-state index in [0.29, 0.717) is 18.5 Å². The molecule has 2 aromatic carbocycles. The van der Waals surface area contributed by atoms with E-state index in [4.69, 9.17) is 4.74 Å². The highest BCUT2D eigenvalue weighted by molar-refractivity contribution is 5.97. The molecule has 8 heteroatoms. The zero-order valence-electron chi connectivity index (χ0n) is 21.7. The number of hydrogen-bond acceptors (Lipinski definition) is 5. The van der Waals surface area contributed by atoms with Crippen LogP contribution in [0.25, 0.3) is 10.9 Å². The summed E-state index contributed by atoms with van der Waals surface area (Å²) in [6.07, 6.45) is 1.32. The summed E-state index contributed by atoms with van der Waals surface area (Å²) in [6, 6.07) is 14.2. The molecule has 0 radical (unpaired) electrons. The number of esters is 1. The van der Waals surface area contributed by atoms with Crippen LogP contribution in [0.1, 0.15) is 53.5 Å². The van der Waals surface area contributed by atoms with E-state index in [1.54, 1.807) is 21.9 Å². The maximum Gasteiger partial charge on any atom is 0.337 e. The van der Waals surface area contributed by atoms with Gasteiger partial charge in [-0.05, 0) is 55.4 Å². The third kappa shape index (κ3) is 4.50. The van der Waals surface area contributed by atoms with Crippen molar-refractivity contribution in [3.8, 4) is 0 Å². The number of hydrogen-bond donors (Lipinski definition) is 1. The predicted octanol–water partition coefficient (Wildman–Crippen LogP) is 3.37. The van der Waals surface area contributed by atoms with Gasteiger partial charge in [-0.3, -0.25) is 9.59 Å². The summed E-state index contributed by atoms with van der Waals surface area (Å²) in [4.78, 5) is 48.8. The van der Waals surface area contributed by atoms with Gasteiger partial charge in [0.2, 0.25) is 11.8 Å². The van der Waals surface area contributed by atoms with Gasteiger partial charge in [-0.25, -0.2) is 4.79 Å². The minimum atomic E-state index is -0.563. The minimum Gasteiger partial charge on any atom is -0.465 e. The van der Waals surface area contributed by atoms with E-state index in [-0.39, 0.29) is 18.4 Å². The van der Waals surface area contributed by atoms with Crippen LogP contribution in [0, 0.1) is 0 Å². The van der Waals surface area contributed by atoms with Crippen molar-refractivity contribution in [3.05, 3.63) is 70.9 Å². The Morgan fingerprint density at radius 3 is 2.51 bits per heavy atom. The highest BCUT2D eigenvalue weighted by atomic mass is 16.5. The third-order valence-corrected chi connectivity index (χ3v) is 7.79. The summed E-state index contributed by atoms with van der Waals surface area (Å²) in [5.74, 6) is -0.464. The second-order valence-corrected chi connectivity index (χ2v) is 9.74. The molecule has 3 heterocycles. The number of amides is 2. The number of benzene rings is 2. The SMILES string of the molecule is CCN(CC)CCCN1CC(=O)N2[C@@H](c3ccc(C(=O)OC)cc3)c3[nH]c4ccccc4c3C[C@H]2C1=O. The van der Waals surface area contributed by atoms with Gasteiger partial charge in [0.25, 0.3) is 0 Å². The van der Waals surface area contributed by atoms with E-state index in [2.05, 4.69) is 29.8 Å². The minimum absolute atomic E-state index is 0.00580. The monoisotopic (exact) mass is 502 g/mol. The first-order valence-electron chi connectivity index (χ1n) is 13.1. The van der Waals surface area contributed by atoms with Crippen molar-refractivity contribution in [2.45, 2.75) is 38.8 Å². The first kappa shape index (κ1) is 25.0. The molecule has 3 aromatic rings. The van der Waals surface area contributed by atoms with Crippen LogP contribution in [-0.2, 0) is 20.7 Å². The Morgan fingerprint density at radius 1 is 1.08 bits per heavy atom. The molecule has 194 valence electrons. The van der Waals surface area contributed by atoms with Crippen LogP contribution in [0.15, 0.2) is 48.5 Å². The van der Waals surface area contributed by atoms with Crippen LogP contribution in [0.4, 0.5) is 0 Å². The fourth-order valence-electron chi connectivity index (χ4n) is 5.80. The molecule has 2 aliphatic rings. The van der Waals surface area contributed by atoms with Crippen molar-refractivity contribution in [2.24, 2.45) is 0 Å². The van der Waals surface area contributed by atoms with E-state index in [0.717, 1.165) is 53.8 Å². The fraction of sp³-hybridized carbons (Fsp3) is 0.414. The number of carbonyl (C=O) groups is 3. The summed E-state index contributed by atoms with van der Waals surface area (Å²) < 4.78 is 4.84. The van der Waals surface area contributed by atoms with Crippen LogP contribution in [0.2, 0.25) is 0 Å². The molecule has 0 spiro atoms. The number of para-hydroxylation sites is 1. The lowest BCUT2D eigenvalue weighted by Crippen LogP contribution is -2.63. The number of nitrogens with zero attached hydrogens (tertiary/aromatic N) is 3. The molecule has 2 amide bonds. The number of aromatic nitrogens is 1. The summed E-state index contributed by atoms with van der Waals surface area (Å²) in [5.41, 5.74) is 4.28. The highest BCUT2D eigenvalue weighted by Crippen LogP contribution is 2.42. The summed E-state index contributed by atoms with van der Waals surface area (Å²) >= 11 is 0. The molecule has 8 nitrogen and oxygen atoms in total. The summed E-state index contributed by atoms with van der Waals surface area (Å²) in [7, 11) is 1.35. The van der Waals surface area contributed by atoms with Gasteiger partial charge in [-0.2, -0.15) is 0 Å². The number of ether oxygens (including phenoxy) is 1. The van der Waals surface area contributed by atoms with Crippen molar-refractivity contribution < 1.29 is 19.1 Å². The Kier molecular flexibility index (Phi) is 7.02. The van der Waals surface area contributed by atoms with Crippen molar-refractivity contribution in [3.63, 3.8) is 0 Å². The molecule has 2 atom stereocenters. The van der Waals surface area contributed by atoms with Gasteiger partial charge in [0.05, 0.1) is 25.3 Å². The number of H-pyrrole nitrogens is 1. The Labute approximate surface area is 217 Å². The molecule has 0 aliphatic carbocycles. The molecule has 0 bridgehead atoms. The smallest absolute Gasteiger partial charge is 0.337 e. The molecule has 37 heavy (non-hydrogen) atoms. The van der Waals surface area contributed by atoms with E-state index in [1.165, 1.54) is 7.11 Å². The number of rotatable bonds is 8. The lowest BCUT2D eigenvalue weighted by Gasteiger charge is -2.47. The lowest BCUT2D eigenvalue weighted by atomic mass is 9.86. The van der Waals surface area contributed by atoms with Crippen molar-refractivity contribution >= 4 is 28.7 Å². The van der Waals surface area contributed by atoms with Gasteiger partial charge in [0, 0.05) is 29.6 Å². The Hall–Kier alpha value is -3.65. The second kappa shape index (κ2) is 10.4. The predicted molar refractivity (Wildman–Crippen MR) is 141 cm³/mol. The van der Waals surface area contributed by atoms with Gasteiger partial charge in [0.1, 0.15) is 6.04 Å². The molecular weight excluding hydrogens is 468 g/mol. The standard InChI is InChI=1S/C29H34N4O4/c1-4-31(5-2)15-8-16-32-18-25(34)33-24(28(32)35)17-22-21-9-6-7-10-23(21)30-26(22)27(33)19-11-13-20(14-12-19)29(36)37-3/h6-7,9-14,24,27,30H,4-5,8,15-18H2,1-3H3/t24-,27-/m0/s1. The van der Waals surface area contributed by atoms with Gasteiger partial charge >= 0.3 is 5.97 Å². The maximum atomic E-state index is 13.8. The molecular formula is C29H34N4O4. The number of carbonyl (C=O) groups excluding carboxylic acids is 3. The number of nitrogens with one attached hydrogen (secondary N) is 1. The van der Waals surface area contributed by atoms with Gasteiger partial charge in [-0.15, -0.1) is 0 Å². The van der Waals surface area contributed by atoms with Gasteiger partial charge in [-0.1, -0.05) is 44.2 Å². The van der Waals surface area contributed by atoms with Crippen LogP contribution in [-0.4, -0.2) is 83.3 Å². The Balaban J connectivity index is 1.51. The molecule has 2 aliphatic heterocycles. The molecule has 1 fully saturated rings. The van der Waals surface area contributed by atoms with Crippen LogP contribution in [0.3, 0.4) is 0 Å². The number of methoxy groups -OCH3 is 1. The lowest BCUT2D eigenvalue weighted by molar-refractivity contribution is -0.158. The first-order valence-corrected chi connectivity index (χ1v) is 13.1. The largest absolute Gasteiger partial charge is 0.465 e. The average Bonchev–Trinajstić information content (AvgIpc) is 3.30. The zero-order chi connectivity index (χ0) is 26.1. The fourth-order valence-corrected chi connectivity index (χ4v) is 5.80. The second-order valence-electron chi connectivity index (χ2n) is 9.74. The quantitative estimate of drug-likeness (QED) is 0.478. The molecule has 5 rings (SSSR count). The summed E-state index contributed by atoms with van der Waals surface area (Å²) in [5, 5.41) is 1.08.